The number of anilines is 2. The first-order valence-electron chi connectivity index (χ1n) is 18.9. The van der Waals surface area contributed by atoms with Crippen molar-refractivity contribution in [3.8, 4) is 22.4 Å². The minimum absolute atomic E-state index is 0.0271. The van der Waals surface area contributed by atoms with Gasteiger partial charge in [0.05, 0.1) is 67.2 Å². The number of carbonyl (C=O) groups is 4. The molecular formula is C40H45ClF2N11O4+. The van der Waals surface area contributed by atoms with Gasteiger partial charge in [0.2, 0.25) is 11.8 Å². The van der Waals surface area contributed by atoms with E-state index in [1.165, 1.54) is 59.2 Å². The van der Waals surface area contributed by atoms with Gasteiger partial charge in [-0.15, -0.1) is 0 Å². The first kappa shape index (κ1) is 40.3. The molecule has 18 heteroatoms. The Balaban J connectivity index is 0.973. The highest BCUT2D eigenvalue weighted by atomic mass is 35.5. The van der Waals surface area contributed by atoms with Crippen molar-refractivity contribution in [1.82, 2.24) is 38.9 Å². The molecule has 0 aliphatic carbocycles. The van der Waals surface area contributed by atoms with E-state index in [9.17, 15) is 19.2 Å². The van der Waals surface area contributed by atoms with Gasteiger partial charge in [-0.05, 0) is 31.2 Å². The second-order valence-electron chi connectivity index (χ2n) is 15.5. The molecule has 3 aromatic heterocycles. The van der Waals surface area contributed by atoms with Gasteiger partial charge in [0.25, 0.3) is 11.8 Å². The number of amides is 4. The normalized spacial score (nSPS) is 15.7. The second kappa shape index (κ2) is 16.1. The number of nitrogens with one attached hydrogen (secondary N) is 2. The maximum absolute atomic E-state index is 15.7. The van der Waals surface area contributed by atoms with Crippen LogP contribution in [0.25, 0.3) is 22.4 Å². The van der Waals surface area contributed by atoms with E-state index in [0.717, 1.165) is 30.4 Å². The van der Waals surface area contributed by atoms with Crippen molar-refractivity contribution in [2.45, 2.75) is 26.3 Å². The Kier molecular flexibility index (Phi) is 11.2. The predicted molar refractivity (Wildman–Crippen MR) is 213 cm³/mol. The summed E-state index contributed by atoms with van der Waals surface area (Å²) in [4.78, 5) is 60.2. The molecular weight excluding hydrogens is 772 g/mol. The van der Waals surface area contributed by atoms with Crippen LogP contribution in [0.1, 0.15) is 39.5 Å². The molecule has 2 aliphatic heterocycles. The van der Waals surface area contributed by atoms with Crippen molar-refractivity contribution in [2.75, 3.05) is 64.0 Å². The molecule has 0 saturated carbocycles. The number of hydrogen-bond acceptors (Lipinski definition) is 7. The lowest BCUT2D eigenvalue weighted by molar-refractivity contribution is -0.895. The number of piperidine rings is 1. The summed E-state index contributed by atoms with van der Waals surface area (Å²) in [5.74, 6) is -3.45. The molecule has 0 bridgehead atoms. The van der Waals surface area contributed by atoms with Gasteiger partial charge in [-0.1, -0.05) is 17.7 Å². The van der Waals surface area contributed by atoms with E-state index in [0.29, 0.717) is 48.8 Å². The zero-order chi connectivity index (χ0) is 41.5. The summed E-state index contributed by atoms with van der Waals surface area (Å²) in [5, 5.41) is 13.9. The van der Waals surface area contributed by atoms with Crippen LogP contribution in [0.15, 0.2) is 55.1 Å². The van der Waals surface area contributed by atoms with Crippen LogP contribution in [0.2, 0.25) is 5.02 Å². The van der Waals surface area contributed by atoms with Crippen LogP contribution in [0.4, 0.5) is 20.2 Å². The van der Waals surface area contributed by atoms with Crippen molar-refractivity contribution in [3.05, 3.63) is 88.9 Å². The Morgan fingerprint density at radius 1 is 0.862 bits per heavy atom. The molecule has 2 fully saturated rings. The number of quaternary nitrogens is 1. The fraction of sp³-hybridized carbons (Fsp3) is 0.375. The predicted octanol–water partition coefficient (Wildman–Crippen LogP) is 4.59. The van der Waals surface area contributed by atoms with E-state index < -0.39 is 17.5 Å². The van der Waals surface area contributed by atoms with Gasteiger partial charge in [-0.25, -0.2) is 13.8 Å². The van der Waals surface area contributed by atoms with E-state index in [1.807, 2.05) is 4.90 Å². The van der Waals surface area contributed by atoms with E-state index in [2.05, 4.69) is 39.9 Å². The fourth-order valence-electron chi connectivity index (χ4n) is 7.55. The SMILES string of the molecule is Cc1nn(CC(=O)Nc2cnn(C)c2)cc1-c1ccc(-c2cnc(C(=O)Nc3ccc(C(=O)N4CCN(C(=O)C5CC[N+](C)(C)CC5)CC4)c(Cl)c3)n2C)c(F)c1F. The number of piperazine rings is 1. The highest BCUT2D eigenvalue weighted by Crippen LogP contribution is 2.33. The minimum Gasteiger partial charge on any atom is -0.339 e. The molecule has 0 radical (unpaired) electrons. The zero-order valence-electron chi connectivity index (χ0n) is 32.9. The highest BCUT2D eigenvalue weighted by Gasteiger charge is 2.35. The summed E-state index contributed by atoms with van der Waals surface area (Å²) in [6, 6.07) is 7.35. The number of imidazole rings is 1. The van der Waals surface area contributed by atoms with Crippen molar-refractivity contribution in [3.63, 3.8) is 0 Å². The van der Waals surface area contributed by atoms with Gasteiger partial charge in [0.1, 0.15) is 6.54 Å². The van der Waals surface area contributed by atoms with Gasteiger partial charge in [-0.3, -0.25) is 28.5 Å². The topological polar surface area (TPSA) is 152 Å². The molecule has 2 aliphatic rings. The lowest BCUT2D eigenvalue weighted by Gasteiger charge is -2.40. The number of benzene rings is 2. The Labute approximate surface area is 338 Å². The maximum atomic E-state index is 15.7. The monoisotopic (exact) mass is 816 g/mol. The summed E-state index contributed by atoms with van der Waals surface area (Å²) in [6.45, 7) is 5.10. The van der Waals surface area contributed by atoms with Gasteiger partial charge >= 0.3 is 0 Å². The number of carbonyl (C=O) groups excluding carboxylic acids is 4. The molecule has 304 valence electrons. The van der Waals surface area contributed by atoms with Crippen LogP contribution in [0.3, 0.4) is 0 Å². The van der Waals surface area contributed by atoms with Crippen LogP contribution < -0.4 is 10.6 Å². The van der Waals surface area contributed by atoms with Gasteiger partial charge < -0.3 is 29.5 Å². The number of halogens is 3. The third-order valence-electron chi connectivity index (χ3n) is 10.9. The summed E-state index contributed by atoms with van der Waals surface area (Å²) >= 11 is 6.56. The number of aromatic nitrogens is 6. The Morgan fingerprint density at radius 3 is 2.21 bits per heavy atom. The molecule has 2 aromatic carbocycles. The molecule has 15 nitrogen and oxygen atoms in total. The van der Waals surface area contributed by atoms with E-state index in [-0.39, 0.29) is 63.4 Å². The van der Waals surface area contributed by atoms with Crippen LogP contribution >= 0.6 is 11.6 Å². The van der Waals surface area contributed by atoms with E-state index in [1.54, 1.807) is 35.8 Å². The lowest BCUT2D eigenvalue weighted by Crippen LogP contribution is -2.54. The van der Waals surface area contributed by atoms with Crippen LogP contribution in [-0.4, -0.2) is 120 Å². The van der Waals surface area contributed by atoms with Gasteiger partial charge in [0.15, 0.2) is 17.5 Å². The van der Waals surface area contributed by atoms with Crippen LogP contribution in [-0.2, 0) is 30.2 Å². The quantitative estimate of drug-likeness (QED) is 0.207. The molecule has 0 unspecified atom stereocenters. The number of nitrogens with zero attached hydrogens (tertiary/aromatic N) is 9. The molecule has 0 spiro atoms. The largest absolute Gasteiger partial charge is 0.339 e. The maximum Gasteiger partial charge on any atom is 0.291 e. The lowest BCUT2D eigenvalue weighted by atomic mass is 9.94. The Hall–Kier alpha value is -5.94. The van der Waals surface area contributed by atoms with Crippen LogP contribution in [0.5, 0.6) is 0 Å². The fourth-order valence-corrected chi connectivity index (χ4v) is 7.81. The summed E-state index contributed by atoms with van der Waals surface area (Å²) < 4.78 is 36.6. The molecule has 0 atom stereocenters. The second-order valence-corrected chi connectivity index (χ2v) is 15.9. The third kappa shape index (κ3) is 8.36. The molecule has 4 amide bonds. The number of likely N-dealkylation sites (tertiary alicyclic amines) is 1. The van der Waals surface area contributed by atoms with Crippen LogP contribution in [0, 0.1) is 24.5 Å². The Bertz CT molecular complexity index is 2400. The minimum atomic E-state index is -1.15. The first-order valence-corrected chi connectivity index (χ1v) is 19.3. The average molecular weight is 817 g/mol. The van der Waals surface area contributed by atoms with E-state index >= 15 is 8.78 Å². The van der Waals surface area contributed by atoms with Gasteiger partial charge in [-0.2, -0.15) is 10.2 Å². The molecule has 5 aromatic rings. The zero-order valence-corrected chi connectivity index (χ0v) is 33.7. The van der Waals surface area contributed by atoms with Gasteiger partial charge in [0, 0.05) is 93.8 Å². The Morgan fingerprint density at radius 2 is 1.53 bits per heavy atom. The summed E-state index contributed by atoms with van der Waals surface area (Å²) in [6.07, 6.45) is 7.62. The molecule has 2 saturated heterocycles. The standard InChI is InChI=1S/C40H44ClF2N11O4/c1-24-31(22-53(48-24)23-34(55)46-27-19-45-49(2)21-27)28-8-9-30(36(43)35(28)42)33-20-44-37(50(33)3)38(56)47-26-6-7-29(32(41)18-26)40(58)52-14-12-51(13-15-52)39(57)25-10-16-54(4,5)17-11-25/h6-9,18-22,25H,10-17,23H2,1-5H3,(H-,46,47,55,56,58)/p+1. The van der Waals surface area contributed by atoms with Crippen molar-refractivity contribution >= 4 is 46.6 Å². The van der Waals surface area contributed by atoms with Crippen molar-refractivity contribution < 1.29 is 32.4 Å². The first-order chi connectivity index (χ1) is 27.6. The van der Waals surface area contributed by atoms with Crippen molar-refractivity contribution in [1.29, 1.82) is 0 Å². The summed E-state index contributed by atoms with van der Waals surface area (Å²) in [7, 11) is 7.59. The number of aryl methyl sites for hydroxylation is 2. The number of rotatable bonds is 9. The average Bonchev–Trinajstić information content (AvgIpc) is 3.89. The molecule has 58 heavy (non-hydrogen) atoms. The number of hydrogen-bond donors (Lipinski definition) is 2. The van der Waals surface area contributed by atoms with Crippen molar-refractivity contribution in [2.24, 2.45) is 20.0 Å². The molecule has 7 rings (SSSR count). The highest BCUT2D eigenvalue weighted by molar-refractivity contribution is 6.34. The van der Waals surface area contributed by atoms with E-state index in [4.69, 9.17) is 11.6 Å². The molecule has 2 N–H and O–H groups in total. The molecule has 5 heterocycles. The smallest absolute Gasteiger partial charge is 0.291 e. The summed E-state index contributed by atoms with van der Waals surface area (Å²) in [5.41, 5.74) is 1.75. The third-order valence-corrected chi connectivity index (χ3v) is 11.2.